The van der Waals surface area contributed by atoms with E-state index >= 15 is 0 Å². The van der Waals surface area contributed by atoms with Gasteiger partial charge in [-0.2, -0.15) is 0 Å². The van der Waals surface area contributed by atoms with Gasteiger partial charge in [-0.15, -0.1) is 0 Å². The maximum Gasteiger partial charge on any atom is 0.106 e. The third-order valence-electron chi connectivity index (χ3n) is 3.80. The summed E-state index contributed by atoms with van der Waals surface area (Å²) >= 11 is 11.3. The Morgan fingerprint density at radius 1 is 1.42 bits per heavy atom. The number of hydrogen-bond acceptors (Lipinski definition) is 3. The van der Waals surface area contributed by atoms with Gasteiger partial charge < -0.3 is 15.5 Å². The molecule has 1 fully saturated rings. The molecule has 3 nitrogen and oxygen atoms in total. The van der Waals surface area contributed by atoms with Crippen molar-refractivity contribution in [2.45, 2.75) is 13.0 Å². The molecule has 0 radical (unpaired) electrons. The zero-order valence-electron chi connectivity index (χ0n) is 11.6. The van der Waals surface area contributed by atoms with Crippen molar-refractivity contribution in [2.24, 2.45) is 11.7 Å². The zero-order valence-corrected chi connectivity index (χ0v) is 13.1. The molecule has 5 heteroatoms. The third-order valence-corrected chi connectivity index (χ3v) is 4.26. The largest absolute Gasteiger partial charge is 0.389 e. The van der Waals surface area contributed by atoms with E-state index in [1.807, 2.05) is 18.2 Å². The second-order valence-corrected chi connectivity index (χ2v) is 6.32. The molecule has 1 aliphatic rings. The minimum Gasteiger partial charge on any atom is -0.389 e. The molecule has 1 aromatic rings. The average Bonchev–Trinajstić information content (AvgIpc) is 2.70. The van der Waals surface area contributed by atoms with E-state index in [0.717, 1.165) is 29.4 Å². The molecule has 2 N–H and O–H groups in total. The molecule has 2 rings (SSSR count). The van der Waals surface area contributed by atoms with Crippen molar-refractivity contribution < 1.29 is 0 Å². The van der Waals surface area contributed by atoms with Crippen LogP contribution in [0.15, 0.2) is 18.2 Å². The number of rotatable bonds is 3. The Morgan fingerprint density at radius 2 is 2.11 bits per heavy atom. The summed E-state index contributed by atoms with van der Waals surface area (Å²) in [6, 6.07) is 6.25. The number of thiocarbonyl (C=S) groups is 1. The lowest BCUT2D eigenvalue weighted by Gasteiger charge is -2.24. The van der Waals surface area contributed by atoms with Gasteiger partial charge in [0.15, 0.2) is 0 Å². The van der Waals surface area contributed by atoms with Crippen molar-refractivity contribution in [3.8, 4) is 0 Å². The first-order valence-electron chi connectivity index (χ1n) is 6.41. The van der Waals surface area contributed by atoms with Gasteiger partial charge in [0.25, 0.3) is 0 Å². The predicted octanol–water partition coefficient (Wildman–Crippen LogP) is 2.36. The fourth-order valence-electron chi connectivity index (χ4n) is 2.79. The number of hydrogen-bond donors (Lipinski definition) is 1. The van der Waals surface area contributed by atoms with E-state index in [-0.39, 0.29) is 0 Å². The third kappa shape index (κ3) is 3.02. The van der Waals surface area contributed by atoms with Crippen LogP contribution < -0.4 is 10.6 Å². The van der Waals surface area contributed by atoms with E-state index in [2.05, 4.69) is 30.8 Å². The summed E-state index contributed by atoms with van der Waals surface area (Å²) < 4.78 is 0. The molecular formula is C14H20ClN3S. The van der Waals surface area contributed by atoms with Gasteiger partial charge in [-0.25, -0.2) is 0 Å². The van der Waals surface area contributed by atoms with Crippen LogP contribution in [0.5, 0.6) is 0 Å². The molecule has 0 amide bonds. The molecule has 19 heavy (non-hydrogen) atoms. The molecule has 0 spiro atoms. The van der Waals surface area contributed by atoms with Crippen LogP contribution in [0.3, 0.4) is 0 Å². The van der Waals surface area contributed by atoms with Crippen molar-refractivity contribution >= 4 is 34.5 Å². The highest BCUT2D eigenvalue weighted by Gasteiger charge is 2.32. The van der Waals surface area contributed by atoms with Gasteiger partial charge in [0.1, 0.15) is 4.99 Å². The van der Waals surface area contributed by atoms with Crippen LogP contribution in [0.25, 0.3) is 0 Å². The Kier molecular flexibility index (Phi) is 4.33. The number of benzene rings is 1. The smallest absolute Gasteiger partial charge is 0.106 e. The van der Waals surface area contributed by atoms with Crippen LogP contribution in [0.4, 0.5) is 5.69 Å². The Morgan fingerprint density at radius 3 is 2.63 bits per heavy atom. The maximum absolute atomic E-state index is 6.11. The molecule has 2 atom stereocenters. The first kappa shape index (κ1) is 14.6. The molecular weight excluding hydrogens is 278 g/mol. The number of nitrogens with two attached hydrogens (primary N) is 1. The standard InChI is InChI=1S/C14H20ClN3S/c1-9-7-18(8-13(9)17(2)3)12-6-10(15)4-5-11(12)14(16)19/h4-6,9,13H,7-8H2,1-3H3,(H2,16,19). The molecule has 0 aromatic heterocycles. The molecule has 1 heterocycles. The van der Waals surface area contributed by atoms with Gasteiger partial charge in [0.05, 0.1) is 0 Å². The second kappa shape index (κ2) is 5.65. The van der Waals surface area contributed by atoms with Gasteiger partial charge in [-0.3, -0.25) is 0 Å². The SMILES string of the molecule is CC1CN(c2cc(Cl)ccc2C(N)=S)CC1N(C)C. The van der Waals surface area contributed by atoms with Crippen LogP contribution in [-0.2, 0) is 0 Å². The second-order valence-electron chi connectivity index (χ2n) is 5.44. The van der Waals surface area contributed by atoms with E-state index in [1.165, 1.54) is 0 Å². The molecule has 1 aromatic carbocycles. The van der Waals surface area contributed by atoms with Gasteiger partial charge >= 0.3 is 0 Å². The van der Waals surface area contributed by atoms with E-state index in [1.54, 1.807) is 0 Å². The predicted molar refractivity (Wildman–Crippen MR) is 86.2 cm³/mol. The first-order chi connectivity index (χ1) is 8.90. The van der Waals surface area contributed by atoms with Crippen LogP contribution >= 0.6 is 23.8 Å². The first-order valence-corrected chi connectivity index (χ1v) is 7.19. The minimum atomic E-state index is 0.424. The lowest BCUT2D eigenvalue weighted by Crippen LogP contribution is -2.34. The van der Waals surface area contributed by atoms with Gasteiger partial charge in [0, 0.05) is 35.4 Å². The number of nitrogens with zero attached hydrogens (tertiary/aromatic N) is 2. The number of likely N-dealkylation sites (N-methyl/N-ethyl adjacent to an activating group) is 1. The summed E-state index contributed by atoms with van der Waals surface area (Å²) in [5.41, 5.74) is 7.77. The summed E-state index contributed by atoms with van der Waals surface area (Å²) in [7, 11) is 4.24. The van der Waals surface area contributed by atoms with E-state index < -0.39 is 0 Å². The molecule has 1 aliphatic heterocycles. The Labute approximate surface area is 125 Å². The van der Waals surface area contributed by atoms with Crippen molar-refractivity contribution in [2.75, 3.05) is 32.1 Å². The molecule has 104 valence electrons. The lowest BCUT2D eigenvalue weighted by molar-refractivity contribution is 0.266. The Bertz CT molecular complexity index is 490. The van der Waals surface area contributed by atoms with Gasteiger partial charge in [-0.05, 0) is 38.2 Å². The normalized spacial score (nSPS) is 23.1. The fraction of sp³-hybridized carbons (Fsp3) is 0.500. The van der Waals surface area contributed by atoms with E-state index in [9.17, 15) is 0 Å². The Balaban J connectivity index is 2.33. The topological polar surface area (TPSA) is 32.5 Å². The fourth-order valence-corrected chi connectivity index (χ4v) is 3.13. The van der Waals surface area contributed by atoms with Crippen LogP contribution in [-0.4, -0.2) is 43.1 Å². The highest BCUT2D eigenvalue weighted by Crippen LogP contribution is 2.31. The summed E-state index contributed by atoms with van der Waals surface area (Å²) in [6.07, 6.45) is 0. The number of anilines is 1. The van der Waals surface area contributed by atoms with Gasteiger partial charge in [-0.1, -0.05) is 30.7 Å². The molecule has 2 unspecified atom stereocenters. The van der Waals surface area contributed by atoms with Crippen molar-refractivity contribution in [3.05, 3.63) is 28.8 Å². The minimum absolute atomic E-state index is 0.424. The zero-order chi connectivity index (χ0) is 14.2. The average molecular weight is 298 g/mol. The lowest BCUT2D eigenvalue weighted by atomic mass is 10.1. The highest BCUT2D eigenvalue weighted by atomic mass is 35.5. The van der Waals surface area contributed by atoms with Crippen molar-refractivity contribution in [1.82, 2.24) is 4.90 Å². The molecule has 0 bridgehead atoms. The van der Waals surface area contributed by atoms with Gasteiger partial charge in [0.2, 0.25) is 0 Å². The quantitative estimate of drug-likeness (QED) is 0.868. The van der Waals surface area contributed by atoms with E-state index in [4.69, 9.17) is 29.6 Å². The van der Waals surface area contributed by atoms with Crippen molar-refractivity contribution in [3.63, 3.8) is 0 Å². The van der Waals surface area contributed by atoms with E-state index in [0.29, 0.717) is 16.9 Å². The summed E-state index contributed by atoms with van der Waals surface area (Å²) in [5.74, 6) is 0.605. The molecule has 0 saturated carbocycles. The Hall–Kier alpha value is -0.840. The van der Waals surface area contributed by atoms with Crippen LogP contribution in [0.2, 0.25) is 5.02 Å². The molecule has 1 saturated heterocycles. The highest BCUT2D eigenvalue weighted by molar-refractivity contribution is 7.80. The monoisotopic (exact) mass is 297 g/mol. The molecule has 0 aliphatic carbocycles. The number of halogens is 1. The van der Waals surface area contributed by atoms with Crippen molar-refractivity contribution in [1.29, 1.82) is 0 Å². The maximum atomic E-state index is 6.11. The summed E-state index contributed by atoms with van der Waals surface area (Å²) in [6.45, 7) is 4.25. The summed E-state index contributed by atoms with van der Waals surface area (Å²) in [4.78, 5) is 5.03. The van der Waals surface area contributed by atoms with Crippen LogP contribution in [0.1, 0.15) is 12.5 Å². The summed E-state index contributed by atoms with van der Waals surface area (Å²) in [5, 5.41) is 0.718. The van der Waals surface area contributed by atoms with Crippen LogP contribution in [0, 0.1) is 5.92 Å².